The first-order valence-corrected chi connectivity index (χ1v) is 14.2. The minimum absolute atomic E-state index is 0. The van der Waals surface area contributed by atoms with E-state index in [9.17, 15) is 82.3 Å². The van der Waals surface area contributed by atoms with Crippen LogP contribution in [0.5, 0.6) is 0 Å². The molecule has 2 saturated heterocycles. The summed E-state index contributed by atoms with van der Waals surface area (Å²) in [5.74, 6) is -11.3. The molecule has 301 valence electrons. The van der Waals surface area contributed by atoms with E-state index in [1.165, 1.54) is 9.52 Å². The van der Waals surface area contributed by atoms with Gasteiger partial charge in [-0.3, -0.25) is 9.59 Å². The summed E-state index contributed by atoms with van der Waals surface area (Å²) >= 11 is 0. The number of ketones is 2. The van der Waals surface area contributed by atoms with Crippen LogP contribution in [0, 0.1) is 9.81 Å². The molecule has 0 aliphatic carbocycles. The first-order valence-electron chi connectivity index (χ1n) is 14.2. The number of piperidine rings is 2. The number of hydrogen-bond donors (Lipinski definition) is 2. The van der Waals surface area contributed by atoms with Crippen LogP contribution in [0.3, 0.4) is 0 Å². The number of carbonyl (C=O) groups is 2. The fourth-order valence-electron chi connectivity index (χ4n) is 5.25. The minimum Gasteiger partial charge on any atom is -0.869 e. The molecule has 23 heteroatoms. The second-order valence-electron chi connectivity index (χ2n) is 13.9. The SMILES string of the molecule is CC1(C)CC(N)CC(C)(C)[N+]1=O.CC1(C)CC(N)CC(C)(C)[N+]1=O.O=C(/C=C(\[O-])C(F)(F)F)C(F)(F)F.O=C(/C=C(\[O-])C(F)(F)F)C(F)(F)F.[Cu+2]. The van der Waals surface area contributed by atoms with Crippen LogP contribution < -0.4 is 21.7 Å². The molecule has 2 aliphatic heterocycles. The summed E-state index contributed by atoms with van der Waals surface area (Å²) in [5, 5.41) is 19.6. The summed E-state index contributed by atoms with van der Waals surface area (Å²) < 4.78 is 138. The quantitative estimate of drug-likeness (QED) is 0.132. The van der Waals surface area contributed by atoms with Crippen molar-refractivity contribution in [1.82, 2.24) is 0 Å². The Morgan fingerprint density at radius 3 is 0.843 bits per heavy atom. The third kappa shape index (κ3) is 18.0. The molecule has 0 bridgehead atoms. The van der Waals surface area contributed by atoms with Gasteiger partial charge in [0.2, 0.25) is 22.2 Å². The van der Waals surface area contributed by atoms with Crippen LogP contribution in [-0.2, 0) is 26.7 Å². The van der Waals surface area contributed by atoms with Gasteiger partial charge in [0.25, 0.3) is 11.6 Å². The average molecular weight is 820 g/mol. The molecule has 2 rings (SSSR count). The number of hydrogen-bond acceptors (Lipinski definition) is 8. The predicted molar refractivity (Wildman–Crippen MR) is 148 cm³/mol. The monoisotopic (exact) mass is 819 g/mol. The molecular weight excluding hydrogens is 780 g/mol. The molecule has 2 fully saturated rings. The maximum absolute atomic E-state index is 11.8. The van der Waals surface area contributed by atoms with Crippen molar-refractivity contribution in [2.24, 2.45) is 11.5 Å². The number of rotatable bonds is 2. The van der Waals surface area contributed by atoms with Crippen molar-refractivity contribution < 1.29 is 99.1 Å². The number of carbonyl (C=O) groups excluding carboxylic acids is 2. The van der Waals surface area contributed by atoms with Crippen LogP contribution in [0.4, 0.5) is 52.7 Å². The second-order valence-corrected chi connectivity index (χ2v) is 13.9. The van der Waals surface area contributed by atoms with Gasteiger partial charge in [-0.15, -0.1) is 0 Å². The van der Waals surface area contributed by atoms with Crippen molar-refractivity contribution in [3.05, 3.63) is 33.5 Å². The van der Waals surface area contributed by atoms with Gasteiger partial charge in [0.15, 0.2) is 0 Å². The van der Waals surface area contributed by atoms with Gasteiger partial charge in [0.1, 0.15) is 0 Å². The summed E-state index contributed by atoms with van der Waals surface area (Å²) in [5.41, 5.74) is 10.5. The summed E-state index contributed by atoms with van der Waals surface area (Å²) in [6.07, 6.45) is -20.7. The molecular formula is C28H40CuF12N4O6+2. The van der Waals surface area contributed by atoms with Gasteiger partial charge in [0.05, 0.1) is 0 Å². The van der Waals surface area contributed by atoms with Crippen LogP contribution in [0.25, 0.3) is 0 Å². The van der Waals surface area contributed by atoms with E-state index in [0.29, 0.717) is 0 Å². The molecule has 0 aromatic heterocycles. The molecule has 0 spiro atoms. The maximum Gasteiger partial charge on any atom is 2.00 e. The first-order chi connectivity index (χ1) is 21.6. The zero-order valence-electron chi connectivity index (χ0n) is 28.5. The Bertz CT molecular complexity index is 1160. The smallest absolute Gasteiger partial charge is 0.869 e. The van der Waals surface area contributed by atoms with E-state index in [2.05, 4.69) is 0 Å². The standard InChI is InChI=1S/2C9H19N2O.2C5H2F6O2.Cu/c2*1-8(2)5-7(10)6-9(3,4)11(8)12;2*6-4(7,8)2(12)1-3(13)5(9,10)11;/h2*7H,5-6,10H2,1-4H3;2*1,12H;/q2*+1;;;+2/p-2/b;;2*2-1-;. The largest absolute Gasteiger partial charge is 2.00 e. The van der Waals surface area contributed by atoms with Gasteiger partial charge in [-0.25, -0.2) is 0 Å². The number of nitrogens with zero attached hydrogens (tertiary/aromatic N) is 2. The Balaban J connectivity index is -0.000000599. The van der Waals surface area contributed by atoms with Gasteiger partial charge in [0, 0.05) is 112 Å². The molecule has 1 radical (unpaired) electrons. The number of nitroso groups, excluding NO2 is 2. The van der Waals surface area contributed by atoms with E-state index in [-0.39, 0.29) is 51.3 Å². The molecule has 0 unspecified atom stereocenters. The zero-order valence-corrected chi connectivity index (χ0v) is 29.4. The van der Waals surface area contributed by atoms with E-state index in [1.54, 1.807) is 0 Å². The van der Waals surface area contributed by atoms with Crippen LogP contribution in [0.2, 0.25) is 0 Å². The van der Waals surface area contributed by atoms with Crippen molar-refractivity contribution in [2.75, 3.05) is 0 Å². The fraction of sp³-hybridized carbons (Fsp3) is 0.786. The Hall–Kier alpha value is -2.78. The Kier molecular flexibility index (Phi) is 18.4. The summed E-state index contributed by atoms with van der Waals surface area (Å²) in [6, 6.07) is 0.334. The van der Waals surface area contributed by atoms with Crippen molar-refractivity contribution in [3.63, 3.8) is 0 Å². The average Bonchev–Trinajstić information content (AvgIpc) is 2.83. The fourth-order valence-corrected chi connectivity index (χ4v) is 5.25. The maximum atomic E-state index is 11.8. The van der Waals surface area contributed by atoms with Gasteiger partial charge in [-0.1, -0.05) is 0 Å². The molecule has 0 amide bonds. The summed E-state index contributed by atoms with van der Waals surface area (Å²) in [7, 11) is 0. The van der Waals surface area contributed by atoms with Crippen molar-refractivity contribution >= 4 is 11.6 Å². The van der Waals surface area contributed by atoms with Crippen molar-refractivity contribution in [3.8, 4) is 0 Å². The molecule has 10 nitrogen and oxygen atoms in total. The molecule has 4 N–H and O–H groups in total. The topological polar surface area (TPSA) is 172 Å². The first kappa shape index (κ1) is 52.6. The van der Waals surface area contributed by atoms with Crippen molar-refractivity contribution in [2.45, 2.75) is 140 Å². The molecule has 0 aromatic carbocycles. The van der Waals surface area contributed by atoms with Crippen LogP contribution >= 0.6 is 0 Å². The van der Waals surface area contributed by atoms with Crippen LogP contribution in [0.15, 0.2) is 23.7 Å². The van der Waals surface area contributed by atoms with Crippen molar-refractivity contribution in [1.29, 1.82) is 0 Å². The number of nitrogens with two attached hydrogens (primary N) is 2. The predicted octanol–water partition coefficient (Wildman–Crippen LogP) is 4.73. The van der Waals surface area contributed by atoms with Gasteiger partial charge >= 0.3 is 41.8 Å². The number of alkyl halides is 12. The number of allylic oxidation sites excluding steroid dienone is 4. The normalized spacial score (nSPS) is 21.0. The number of halogens is 12. The summed E-state index contributed by atoms with van der Waals surface area (Å²) in [6.45, 7) is 15.7. The molecule has 0 aromatic rings. The molecule has 0 saturated carbocycles. The Morgan fingerprint density at radius 2 is 0.706 bits per heavy atom. The zero-order chi connectivity index (χ0) is 40.9. The third-order valence-electron chi connectivity index (χ3n) is 6.89. The van der Waals surface area contributed by atoms with E-state index in [4.69, 9.17) is 11.5 Å². The second kappa shape index (κ2) is 17.8. The van der Waals surface area contributed by atoms with E-state index < -0.39 is 59.9 Å². The Labute approximate surface area is 295 Å². The summed E-state index contributed by atoms with van der Waals surface area (Å²) in [4.78, 5) is 43.2. The van der Waals surface area contributed by atoms with Gasteiger partial charge < -0.3 is 21.7 Å². The van der Waals surface area contributed by atoms with E-state index in [1.807, 2.05) is 55.4 Å². The van der Waals surface area contributed by atoms with Gasteiger partial charge in [-0.05, 0) is 23.7 Å². The van der Waals surface area contributed by atoms with E-state index >= 15 is 0 Å². The molecule has 0 atom stereocenters. The minimum atomic E-state index is -5.46. The molecule has 51 heavy (non-hydrogen) atoms. The Morgan fingerprint density at radius 1 is 0.529 bits per heavy atom. The molecule has 2 aliphatic rings. The van der Waals surface area contributed by atoms with Gasteiger partial charge in [-0.2, -0.15) is 52.7 Å². The van der Waals surface area contributed by atoms with Crippen LogP contribution in [-0.4, -0.2) is 80.0 Å². The third-order valence-corrected chi connectivity index (χ3v) is 6.89. The molecule has 2 heterocycles. The van der Waals surface area contributed by atoms with E-state index in [0.717, 1.165) is 25.7 Å². The van der Waals surface area contributed by atoms with Crippen LogP contribution in [0.1, 0.15) is 81.1 Å².